The first-order chi connectivity index (χ1) is 8.28. The van der Waals surface area contributed by atoms with Crippen molar-refractivity contribution < 1.29 is 4.74 Å². The molecule has 0 aliphatic heterocycles. The fourth-order valence-electron chi connectivity index (χ4n) is 2.30. The van der Waals surface area contributed by atoms with E-state index in [1.165, 1.54) is 29.2 Å². The Bertz CT molecular complexity index is 546. The van der Waals surface area contributed by atoms with Crippen LogP contribution in [0.1, 0.15) is 24.4 Å². The van der Waals surface area contributed by atoms with E-state index in [1.54, 1.807) is 7.11 Å². The highest BCUT2D eigenvalue weighted by Gasteiger charge is 2.29. The Labute approximate surface area is 101 Å². The Morgan fingerprint density at radius 1 is 1.12 bits per heavy atom. The van der Waals surface area contributed by atoms with E-state index in [4.69, 9.17) is 10.5 Å². The summed E-state index contributed by atoms with van der Waals surface area (Å²) in [4.78, 5) is 0. The summed E-state index contributed by atoms with van der Waals surface area (Å²) in [5.74, 6) is 1.60. The zero-order valence-corrected chi connectivity index (χ0v) is 10.0. The van der Waals surface area contributed by atoms with Crippen molar-refractivity contribution in [2.24, 2.45) is 11.7 Å². The van der Waals surface area contributed by atoms with Gasteiger partial charge in [-0.05, 0) is 53.3 Å². The van der Waals surface area contributed by atoms with Gasteiger partial charge in [-0.25, -0.2) is 0 Å². The Kier molecular flexibility index (Phi) is 2.52. The summed E-state index contributed by atoms with van der Waals surface area (Å²) >= 11 is 0. The monoisotopic (exact) mass is 227 g/mol. The van der Waals surface area contributed by atoms with Gasteiger partial charge in [0.1, 0.15) is 5.75 Å². The molecule has 2 N–H and O–H groups in total. The third-order valence-electron chi connectivity index (χ3n) is 3.59. The molecular weight excluding hydrogens is 210 g/mol. The number of hydrogen-bond acceptors (Lipinski definition) is 2. The van der Waals surface area contributed by atoms with Crippen molar-refractivity contribution in [2.45, 2.75) is 18.9 Å². The summed E-state index contributed by atoms with van der Waals surface area (Å²) < 4.78 is 5.22. The number of fused-ring (bicyclic) bond motifs is 1. The van der Waals surface area contributed by atoms with Gasteiger partial charge in [0.25, 0.3) is 0 Å². The molecule has 1 aliphatic rings. The zero-order valence-electron chi connectivity index (χ0n) is 10.0. The molecule has 2 aromatic rings. The van der Waals surface area contributed by atoms with E-state index >= 15 is 0 Å². The van der Waals surface area contributed by atoms with Gasteiger partial charge >= 0.3 is 0 Å². The van der Waals surface area contributed by atoms with Crippen molar-refractivity contribution in [3.63, 3.8) is 0 Å². The van der Waals surface area contributed by atoms with Crippen LogP contribution in [0.3, 0.4) is 0 Å². The second kappa shape index (κ2) is 4.04. The van der Waals surface area contributed by atoms with Crippen molar-refractivity contribution in [1.29, 1.82) is 0 Å². The van der Waals surface area contributed by atoms with E-state index in [0.717, 1.165) is 5.75 Å². The second-order valence-corrected chi connectivity index (χ2v) is 4.84. The van der Waals surface area contributed by atoms with Gasteiger partial charge in [0.05, 0.1) is 7.11 Å². The van der Waals surface area contributed by atoms with Crippen LogP contribution in [0.5, 0.6) is 5.75 Å². The Morgan fingerprint density at radius 2 is 1.82 bits per heavy atom. The van der Waals surface area contributed by atoms with Crippen LogP contribution < -0.4 is 10.5 Å². The minimum absolute atomic E-state index is 0.210. The molecule has 0 aromatic heterocycles. The van der Waals surface area contributed by atoms with Gasteiger partial charge in [-0.15, -0.1) is 0 Å². The van der Waals surface area contributed by atoms with Crippen LogP contribution in [0.2, 0.25) is 0 Å². The molecule has 1 fully saturated rings. The molecule has 0 unspecified atom stereocenters. The zero-order chi connectivity index (χ0) is 11.8. The van der Waals surface area contributed by atoms with Crippen LogP contribution in [0.25, 0.3) is 10.8 Å². The standard InChI is InChI=1S/C15H17NO/c1-17-14-7-6-11-8-13(5-4-12(11)9-14)15(16)10-2-3-10/h4-10,15H,2-3,16H2,1H3/t15-/m0/s1. The molecular formula is C15H17NO. The van der Waals surface area contributed by atoms with Crippen LogP contribution in [-0.2, 0) is 0 Å². The highest BCUT2D eigenvalue weighted by atomic mass is 16.5. The Hall–Kier alpha value is -1.54. The normalized spacial score (nSPS) is 17.1. The maximum absolute atomic E-state index is 6.22. The van der Waals surface area contributed by atoms with E-state index in [1.807, 2.05) is 6.07 Å². The van der Waals surface area contributed by atoms with Crippen molar-refractivity contribution in [2.75, 3.05) is 7.11 Å². The molecule has 2 heteroatoms. The SMILES string of the molecule is COc1ccc2cc([C@@H](N)C3CC3)ccc2c1. The second-order valence-electron chi connectivity index (χ2n) is 4.84. The summed E-state index contributed by atoms with van der Waals surface area (Å²) in [5, 5.41) is 2.44. The largest absolute Gasteiger partial charge is 0.497 e. The van der Waals surface area contributed by atoms with Crippen LogP contribution >= 0.6 is 0 Å². The molecule has 0 radical (unpaired) electrons. The first-order valence-corrected chi connectivity index (χ1v) is 6.11. The highest BCUT2D eigenvalue weighted by Crippen LogP contribution is 2.40. The number of nitrogens with two attached hydrogens (primary N) is 1. The number of methoxy groups -OCH3 is 1. The molecule has 3 rings (SSSR count). The van der Waals surface area contributed by atoms with Crippen LogP contribution in [0, 0.1) is 5.92 Å². The van der Waals surface area contributed by atoms with E-state index < -0.39 is 0 Å². The minimum atomic E-state index is 0.210. The third-order valence-corrected chi connectivity index (χ3v) is 3.59. The molecule has 1 saturated carbocycles. The molecule has 2 aromatic carbocycles. The van der Waals surface area contributed by atoms with Crippen molar-refractivity contribution >= 4 is 10.8 Å². The first kappa shape index (κ1) is 10.6. The lowest BCUT2D eigenvalue weighted by atomic mass is 9.99. The van der Waals surface area contributed by atoms with Crippen molar-refractivity contribution in [3.8, 4) is 5.75 Å². The van der Waals surface area contributed by atoms with Gasteiger partial charge in [0, 0.05) is 6.04 Å². The summed E-state index contributed by atoms with van der Waals surface area (Å²) in [5.41, 5.74) is 7.48. The minimum Gasteiger partial charge on any atom is -0.497 e. The van der Waals surface area contributed by atoms with Crippen LogP contribution in [0.4, 0.5) is 0 Å². The Morgan fingerprint density at radius 3 is 2.53 bits per heavy atom. The maximum Gasteiger partial charge on any atom is 0.119 e. The maximum atomic E-state index is 6.22. The first-order valence-electron chi connectivity index (χ1n) is 6.11. The summed E-state index contributed by atoms with van der Waals surface area (Å²) in [6.07, 6.45) is 2.56. The molecule has 1 aliphatic carbocycles. The fraction of sp³-hybridized carbons (Fsp3) is 0.333. The van der Waals surface area contributed by atoms with Gasteiger partial charge in [0.2, 0.25) is 0 Å². The predicted octanol–water partition coefficient (Wildman–Crippen LogP) is 3.26. The lowest BCUT2D eigenvalue weighted by Crippen LogP contribution is -2.11. The molecule has 0 amide bonds. The molecule has 0 spiro atoms. The number of benzene rings is 2. The van der Waals surface area contributed by atoms with E-state index in [2.05, 4.69) is 30.3 Å². The Balaban J connectivity index is 2.00. The van der Waals surface area contributed by atoms with Gasteiger partial charge in [-0.1, -0.05) is 18.2 Å². The summed E-state index contributed by atoms with van der Waals surface area (Å²) in [6, 6.07) is 12.8. The van der Waals surface area contributed by atoms with Crippen molar-refractivity contribution in [3.05, 3.63) is 42.0 Å². The van der Waals surface area contributed by atoms with E-state index in [-0.39, 0.29) is 6.04 Å². The lowest BCUT2D eigenvalue weighted by Gasteiger charge is -2.12. The molecule has 0 bridgehead atoms. The molecule has 2 nitrogen and oxygen atoms in total. The fourth-order valence-corrected chi connectivity index (χ4v) is 2.30. The average molecular weight is 227 g/mol. The topological polar surface area (TPSA) is 35.2 Å². The quantitative estimate of drug-likeness (QED) is 0.873. The average Bonchev–Trinajstić information content (AvgIpc) is 3.21. The third kappa shape index (κ3) is 2.01. The molecule has 0 heterocycles. The number of hydrogen-bond donors (Lipinski definition) is 1. The van der Waals surface area contributed by atoms with E-state index in [0.29, 0.717) is 5.92 Å². The highest BCUT2D eigenvalue weighted by molar-refractivity contribution is 5.84. The van der Waals surface area contributed by atoms with Crippen LogP contribution in [-0.4, -0.2) is 7.11 Å². The smallest absolute Gasteiger partial charge is 0.119 e. The number of rotatable bonds is 3. The van der Waals surface area contributed by atoms with Gasteiger partial charge in [0.15, 0.2) is 0 Å². The molecule has 17 heavy (non-hydrogen) atoms. The van der Waals surface area contributed by atoms with Crippen molar-refractivity contribution in [1.82, 2.24) is 0 Å². The molecule has 88 valence electrons. The summed E-state index contributed by atoms with van der Waals surface area (Å²) in [7, 11) is 1.69. The van der Waals surface area contributed by atoms with Gasteiger partial charge in [-0.2, -0.15) is 0 Å². The van der Waals surface area contributed by atoms with Crippen LogP contribution in [0.15, 0.2) is 36.4 Å². The van der Waals surface area contributed by atoms with E-state index in [9.17, 15) is 0 Å². The lowest BCUT2D eigenvalue weighted by molar-refractivity contribution is 0.415. The van der Waals surface area contributed by atoms with Gasteiger partial charge < -0.3 is 10.5 Å². The summed E-state index contributed by atoms with van der Waals surface area (Å²) in [6.45, 7) is 0. The van der Waals surface area contributed by atoms with Gasteiger partial charge in [-0.3, -0.25) is 0 Å². The predicted molar refractivity (Wildman–Crippen MR) is 70.2 cm³/mol. The molecule has 0 saturated heterocycles. The number of ether oxygens (including phenoxy) is 1. The molecule has 1 atom stereocenters.